The van der Waals surface area contributed by atoms with Crippen LogP contribution in [0.5, 0.6) is 5.75 Å². The molecule has 0 fully saturated rings. The first-order valence-electron chi connectivity index (χ1n) is 6.56. The second kappa shape index (κ2) is 7.21. The van der Waals surface area contributed by atoms with E-state index in [1.165, 1.54) is 24.4 Å². The summed E-state index contributed by atoms with van der Waals surface area (Å²) in [5.74, 6) is 0.185. The molecule has 0 amide bonds. The second-order valence-electron chi connectivity index (χ2n) is 4.66. The highest BCUT2D eigenvalue weighted by Crippen LogP contribution is 2.19. The van der Waals surface area contributed by atoms with Crippen LogP contribution in [-0.2, 0) is 10.1 Å². The topological polar surface area (TPSA) is 93.8 Å². The second-order valence-corrected chi connectivity index (χ2v) is 6.64. The summed E-state index contributed by atoms with van der Waals surface area (Å²) < 4.78 is 29.6. The van der Waals surface area contributed by atoms with Gasteiger partial charge in [-0.1, -0.05) is 29.8 Å². The highest BCUT2D eigenvalue weighted by Gasteiger charge is 2.16. The largest absolute Gasteiger partial charge is 0.379 e. The highest BCUT2D eigenvalue weighted by molar-refractivity contribution is 7.87. The minimum atomic E-state index is -3.88. The van der Waals surface area contributed by atoms with Crippen molar-refractivity contribution in [2.24, 2.45) is 10.8 Å². The molecule has 0 aliphatic heterocycles. The SMILES string of the molecule is Cc1ccc(S(=O)(=O)Oc2cccc(C=NNC(N)=S)c2)cc1. The lowest BCUT2D eigenvalue weighted by Crippen LogP contribution is -2.23. The van der Waals surface area contributed by atoms with E-state index in [2.05, 4.69) is 22.7 Å². The summed E-state index contributed by atoms with van der Waals surface area (Å²) >= 11 is 4.62. The van der Waals surface area contributed by atoms with Crippen LogP contribution in [0.4, 0.5) is 0 Å². The van der Waals surface area contributed by atoms with Crippen LogP contribution in [0, 0.1) is 6.92 Å². The van der Waals surface area contributed by atoms with Crippen LogP contribution in [0.3, 0.4) is 0 Å². The fraction of sp³-hybridized carbons (Fsp3) is 0.0667. The van der Waals surface area contributed by atoms with E-state index in [4.69, 9.17) is 9.92 Å². The van der Waals surface area contributed by atoms with Crippen molar-refractivity contribution in [1.29, 1.82) is 0 Å². The summed E-state index contributed by atoms with van der Waals surface area (Å²) in [4.78, 5) is 0.0947. The Morgan fingerprint density at radius 3 is 2.61 bits per heavy atom. The third-order valence-electron chi connectivity index (χ3n) is 2.76. The van der Waals surface area contributed by atoms with E-state index >= 15 is 0 Å². The van der Waals surface area contributed by atoms with Crippen molar-refractivity contribution in [3.05, 3.63) is 59.7 Å². The van der Waals surface area contributed by atoms with Gasteiger partial charge in [0.2, 0.25) is 0 Å². The lowest BCUT2D eigenvalue weighted by atomic mass is 10.2. The summed E-state index contributed by atoms with van der Waals surface area (Å²) in [7, 11) is -3.88. The Morgan fingerprint density at radius 1 is 1.26 bits per heavy atom. The summed E-state index contributed by atoms with van der Waals surface area (Å²) in [6.45, 7) is 1.88. The molecule has 0 unspecified atom stereocenters. The minimum Gasteiger partial charge on any atom is -0.379 e. The van der Waals surface area contributed by atoms with Crippen LogP contribution in [0.1, 0.15) is 11.1 Å². The molecular formula is C15H15N3O3S2. The van der Waals surface area contributed by atoms with Gasteiger partial charge < -0.3 is 9.92 Å². The zero-order valence-electron chi connectivity index (χ0n) is 12.3. The van der Waals surface area contributed by atoms with Crippen molar-refractivity contribution in [1.82, 2.24) is 5.43 Å². The minimum absolute atomic E-state index is 0.0376. The highest BCUT2D eigenvalue weighted by atomic mass is 32.2. The van der Waals surface area contributed by atoms with Crippen LogP contribution >= 0.6 is 12.2 Å². The predicted molar refractivity (Wildman–Crippen MR) is 92.9 cm³/mol. The smallest absolute Gasteiger partial charge is 0.339 e. The Bertz CT molecular complexity index is 831. The zero-order valence-corrected chi connectivity index (χ0v) is 13.9. The van der Waals surface area contributed by atoms with Gasteiger partial charge in [0.1, 0.15) is 10.6 Å². The quantitative estimate of drug-likeness (QED) is 0.371. The third kappa shape index (κ3) is 5.04. The van der Waals surface area contributed by atoms with E-state index in [0.717, 1.165) is 5.56 Å². The van der Waals surface area contributed by atoms with Gasteiger partial charge >= 0.3 is 10.1 Å². The van der Waals surface area contributed by atoms with E-state index in [1.54, 1.807) is 30.3 Å². The van der Waals surface area contributed by atoms with Gasteiger partial charge in [-0.3, -0.25) is 5.43 Å². The molecule has 0 aromatic heterocycles. The Labute approximate surface area is 140 Å². The van der Waals surface area contributed by atoms with E-state index in [9.17, 15) is 8.42 Å². The number of hydrogen-bond donors (Lipinski definition) is 2. The summed E-state index contributed by atoms with van der Waals surface area (Å²) in [5, 5.41) is 3.84. The van der Waals surface area contributed by atoms with Crippen LogP contribution < -0.4 is 15.3 Å². The fourth-order valence-electron chi connectivity index (χ4n) is 1.70. The first kappa shape index (κ1) is 16.9. The van der Waals surface area contributed by atoms with Gasteiger partial charge in [-0.15, -0.1) is 0 Å². The Balaban J connectivity index is 2.18. The fourth-order valence-corrected chi connectivity index (χ4v) is 2.67. The Hall–Kier alpha value is -2.45. The van der Waals surface area contributed by atoms with Crippen LogP contribution in [0.2, 0.25) is 0 Å². The number of aryl methyl sites for hydroxylation is 1. The van der Waals surface area contributed by atoms with Gasteiger partial charge in [-0.25, -0.2) is 0 Å². The van der Waals surface area contributed by atoms with Crippen LogP contribution in [-0.4, -0.2) is 19.7 Å². The molecule has 0 aliphatic carbocycles. The summed E-state index contributed by atoms with van der Waals surface area (Å²) in [5.41, 5.74) is 9.25. The maximum Gasteiger partial charge on any atom is 0.339 e. The van der Waals surface area contributed by atoms with Crippen molar-refractivity contribution < 1.29 is 12.6 Å². The van der Waals surface area contributed by atoms with E-state index in [-0.39, 0.29) is 15.8 Å². The van der Waals surface area contributed by atoms with Gasteiger partial charge in [0.05, 0.1) is 6.21 Å². The Kier molecular flexibility index (Phi) is 5.30. The lowest BCUT2D eigenvalue weighted by Gasteiger charge is -2.07. The van der Waals surface area contributed by atoms with Crippen molar-refractivity contribution in [2.75, 3.05) is 0 Å². The predicted octanol–water partition coefficient (Wildman–Crippen LogP) is 1.93. The number of thiocarbonyl (C=S) groups is 1. The lowest BCUT2D eigenvalue weighted by molar-refractivity contribution is 0.486. The molecule has 0 spiro atoms. The molecule has 6 nitrogen and oxygen atoms in total. The van der Waals surface area contributed by atoms with Crippen molar-refractivity contribution in [2.45, 2.75) is 11.8 Å². The molecule has 0 atom stereocenters. The van der Waals surface area contributed by atoms with Crippen molar-refractivity contribution in [3.63, 3.8) is 0 Å². The average Bonchev–Trinajstić information content (AvgIpc) is 2.47. The summed E-state index contributed by atoms with van der Waals surface area (Å²) in [6.07, 6.45) is 1.45. The average molecular weight is 349 g/mol. The van der Waals surface area contributed by atoms with Crippen molar-refractivity contribution >= 4 is 33.7 Å². The molecule has 2 rings (SSSR count). The molecule has 0 saturated carbocycles. The van der Waals surface area contributed by atoms with Gasteiger partial charge in [-0.2, -0.15) is 13.5 Å². The van der Waals surface area contributed by atoms with E-state index in [1.807, 2.05) is 6.92 Å². The molecule has 120 valence electrons. The van der Waals surface area contributed by atoms with Gasteiger partial charge in [-0.05, 0) is 49.0 Å². The molecule has 3 N–H and O–H groups in total. The number of nitrogens with one attached hydrogen (secondary N) is 1. The maximum absolute atomic E-state index is 12.2. The van der Waals surface area contributed by atoms with Crippen molar-refractivity contribution in [3.8, 4) is 5.75 Å². The molecule has 2 aromatic rings. The first-order valence-corrected chi connectivity index (χ1v) is 8.38. The number of hydrogen-bond acceptors (Lipinski definition) is 5. The maximum atomic E-state index is 12.2. The first-order chi connectivity index (χ1) is 10.9. The van der Waals surface area contributed by atoms with Gasteiger partial charge in [0.15, 0.2) is 5.11 Å². The number of nitrogens with zero attached hydrogens (tertiary/aromatic N) is 1. The molecule has 0 aliphatic rings. The van der Waals surface area contributed by atoms with Crippen LogP contribution in [0.25, 0.3) is 0 Å². The number of hydrazone groups is 1. The molecule has 0 heterocycles. The monoisotopic (exact) mass is 349 g/mol. The van der Waals surface area contributed by atoms with Crippen LogP contribution in [0.15, 0.2) is 58.5 Å². The Morgan fingerprint density at radius 2 is 1.96 bits per heavy atom. The standard InChI is InChI=1S/C15H15N3O3S2/c1-11-5-7-14(8-6-11)23(19,20)21-13-4-2-3-12(9-13)10-17-18-15(16)22/h2-10H,1H3,(H3,16,18,22). The van der Waals surface area contributed by atoms with Gasteiger partial charge in [0, 0.05) is 0 Å². The number of nitrogens with two attached hydrogens (primary N) is 1. The normalized spacial score (nSPS) is 11.3. The molecule has 0 bridgehead atoms. The number of rotatable bonds is 5. The molecule has 0 radical (unpaired) electrons. The third-order valence-corrected chi connectivity index (χ3v) is 4.11. The van der Waals surface area contributed by atoms with Gasteiger partial charge in [0.25, 0.3) is 0 Å². The van der Waals surface area contributed by atoms with E-state index < -0.39 is 10.1 Å². The van der Waals surface area contributed by atoms with E-state index in [0.29, 0.717) is 5.56 Å². The summed E-state index contributed by atoms with van der Waals surface area (Å²) in [6, 6.07) is 12.9. The molecular weight excluding hydrogens is 334 g/mol. The molecule has 8 heteroatoms. The molecule has 0 saturated heterocycles. The zero-order chi connectivity index (χ0) is 16.9. The number of benzene rings is 2. The molecule has 23 heavy (non-hydrogen) atoms. The molecule has 2 aromatic carbocycles.